The Labute approximate surface area is 184 Å². The zero-order chi connectivity index (χ0) is 21.1. The monoisotopic (exact) mass is 442 g/mol. The topological polar surface area (TPSA) is 76.8 Å². The van der Waals surface area contributed by atoms with Crippen molar-refractivity contribution in [1.82, 2.24) is 25.2 Å². The number of rotatable bonds is 6. The van der Waals surface area contributed by atoms with Crippen molar-refractivity contribution in [2.45, 2.75) is 69.8 Å². The van der Waals surface area contributed by atoms with Crippen LogP contribution in [0.15, 0.2) is 28.7 Å². The molecule has 2 aromatic heterocycles. The molecule has 1 amide bonds. The molecule has 1 fully saturated rings. The van der Waals surface area contributed by atoms with Crippen molar-refractivity contribution in [3.05, 3.63) is 40.4 Å². The van der Waals surface area contributed by atoms with Crippen molar-refractivity contribution < 1.29 is 4.79 Å². The van der Waals surface area contributed by atoms with Crippen LogP contribution in [0.4, 0.5) is 10.8 Å². The fourth-order valence-electron chi connectivity index (χ4n) is 3.90. The Balaban J connectivity index is 1.49. The lowest BCUT2D eigenvalue weighted by Gasteiger charge is -2.21. The molecule has 1 aliphatic carbocycles. The molecule has 3 aromatic rings. The fraction of sp³-hybridized carbons (Fsp3) is 0.476. The van der Waals surface area contributed by atoms with Crippen molar-refractivity contribution in [2.75, 3.05) is 4.90 Å². The average Bonchev–Trinajstić information content (AvgIpc) is 3.38. The summed E-state index contributed by atoms with van der Waals surface area (Å²) in [5, 5.41) is 15.9. The van der Waals surface area contributed by atoms with E-state index < -0.39 is 0 Å². The normalized spacial score (nSPS) is 14.8. The molecule has 4 rings (SSSR count). The Morgan fingerprint density at radius 1 is 1.27 bits per heavy atom. The van der Waals surface area contributed by atoms with Crippen LogP contribution in [0.5, 0.6) is 0 Å². The molecule has 7 nitrogen and oxygen atoms in total. The number of thiazole rings is 1. The SMILES string of the molecule is CC(=O)N(c1nc(CSc2nnnn2C2CCCCC2)cs1)c1ccc(C)cc1C. The summed E-state index contributed by atoms with van der Waals surface area (Å²) in [4.78, 5) is 18.8. The van der Waals surface area contributed by atoms with Crippen molar-refractivity contribution >= 4 is 39.8 Å². The van der Waals surface area contributed by atoms with E-state index in [0.717, 1.165) is 34.9 Å². The van der Waals surface area contributed by atoms with E-state index in [1.54, 1.807) is 23.6 Å². The molecule has 1 saturated carbocycles. The smallest absolute Gasteiger partial charge is 0.230 e. The second kappa shape index (κ2) is 9.26. The Morgan fingerprint density at radius 2 is 2.07 bits per heavy atom. The predicted octanol–water partition coefficient (Wildman–Crippen LogP) is 5.23. The van der Waals surface area contributed by atoms with Crippen LogP contribution in [0.3, 0.4) is 0 Å². The minimum Gasteiger partial charge on any atom is -0.274 e. The zero-order valence-electron chi connectivity index (χ0n) is 17.5. The van der Waals surface area contributed by atoms with Gasteiger partial charge in [-0.3, -0.25) is 9.69 Å². The van der Waals surface area contributed by atoms with Crippen LogP contribution in [0.25, 0.3) is 0 Å². The second-order valence-electron chi connectivity index (χ2n) is 7.75. The van der Waals surface area contributed by atoms with Gasteiger partial charge in [-0.25, -0.2) is 9.67 Å². The Morgan fingerprint density at radius 3 is 2.80 bits per heavy atom. The number of hydrogen-bond donors (Lipinski definition) is 0. The van der Waals surface area contributed by atoms with Gasteiger partial charge >= 0.3 is 0 Å². The number of anilines is 2. The molecule has 0 spiro atoms. The first-order valence-corrected chi connectivity index (χ1v) is 12.1. The molecule has 0 N–H and O–H groups in total. The summed E-state index contributed by atoms with van der Waals surface area (Å²) < 4.78 is 1.98. The number of nitrogens with zero attached hydrogens (tertiary/aromatic N) is 6. The molecule has 0 radical (unpaired) electrons. The van der Waals surface area contributed by atoms with Crippen LogP contribution in [0.1, 0.15) is 61.9 Å². The summed E-state index contributed by atoms with van der Waals surface area (Å²) in [5.41, 5.74) is 4.03. The van der Waals surface area contributed by atoms with Crippen molar-refractivity contribution in [3.8, 4) is 0 Å². The molecule has 2 heterocycles. The standard InChI is InChI=1S/C21H26N6OS2/c1-14-9-10-19(15(2)11-14)26(16(3)28)20-22-17(12-29-20)13-30-21-23-24-25-27(21)18-7-5-4-6-8-18/h9-12,18H,4-8,13H2,1-3H3. The van der Waals surface area contributed by atoms with E-state index in [2.05, 4.69) is 28.5 Å². The molecule has 1 aromatic carbocycles. The molecule has 30 heavy (non-hydrogen) atoms. The van der Waals surface area contributed by atoms with Crippen molar-refractivity contribution in [3.63, 3.8) is 0 Å². The molecular formula is C21H26N6OS2. The molecule has 0 atom stereocenters. The molecule has 0 bridgehead atoms. The average molecular weight is 443 g/mol. The van der Waals surface area contributed by atoms with Gasteiger partial charge < -0.3 is 0 Å². The van der Waals surface area contributed by atoms with Gasteiger partial charge in [-0.2, -0.15) is 0 Å². The summed E-state index contributed by atoms with van der Waals surface area (Å²) in [6, 6.07) is 6.49. The largest absolute Gasteiger partial charge is 0.274 e. The molecule has 1 aliphatic rings. The summed E-state index contributed by atoms with van der Waals surface area (Å²) in [6.07, 6.45) is 6.06. The van der Waals surface area contributed by atoms with Gasteiger partial charge in [0.25, 0.3) is 0 Å². The van der Waals surface area contributed by atoms with E-state index in [4.69, 9.17) is 4.98 Å². The molecule has 9 heteroatoms. The fourth-order valence-corrected chi connectivity index (χ4v) is 5.72. The van der Waals surface area contributed by atoms with Gasteiger partial charge in [0.15, 0.2) is 5.13 Å². The van der Waals surface area contributed by atoms with E-state index in [0.29, 0.717) is 16.9 Å². The maximum Gasteiger partial charge on any atom is 0.230 e. The lowest BCUT2D eigenvalue weighted by Crippen LogP contribution is -2.23. The van der Waals surface area contributed by atoms with E-state index in [1.165, 1.54) is 36.2 Å². The minimum absolute atomic E-state index is 0.0447. The van der Waals surface area contributed by atoms with E-state index in [1.807, 2.05) is 29.1 Å². The van der Waals surface area contributed by atoms with Crippen LogP contribution in [-0.2, 0) is 10.5 Å². The molecule has 158 valence electrons. The predicted molar refractivity (Wildman–Crippen MR) is 120 cm³/mol. The van der Waals surface area contributed by atoms with E-state index in [-0.39, 0.29) is 5.91 Å². The van der Waals surface area contributed by atoms with Gasteiger partial charge in [0, 0.05) is 18.1 Å². The minimum atomic E-state index is -0.0447. The van der Waals surface area contributed by atoms with Gasteiger partial charge in [0.05, 0.1) is 17.4 Å². The van der Waals surface area contributed by atoms with Crippen LogP contribution in [0, 0.1) is 13.8 Å². The van der Waals surface area contributed by atoms with Crippen molar-refractivity contribution in [1.29, 1.82) is 0 Å². The highest BCUT2D eigenvalue weighted by Gasteiger charge is 2.22. The summed E-state index contributed by atoms with van der Waals surface area (Å²) in [6.45, 7) is 5.65. The zero-order valence-corrected chi connectivity index (χ0v) is 19.2. The van der Waals surface area contributed by atoms with Crippen LogP contribution >= 0.6 is 23.1 Å². The lowest BCUT2D eigenvalue weighted by atomic mass is 9.96. The third kappa shape index (κ3) is 4.57. The molecular weight excluding hydrogens is 416 g/mol. The highest BCUT2D eigenvalue weighted by molar-refractivity contribution is 7.98. The van der Waals surface area contributed by atoms with Gasteiger partial charge in [-0.1, -0.05) is 48.7 Å². The van der Waals surface area contributed by atoms with E-state index in [9.17, 15) is 4.79 Å². The first-order chi connectivity index (χ1) is 14.5. The van der Waals surface area contributed by atoms with Gasteiger partial charge in [0.2, 0.25) is 11.1 Å². The molecule has 0 saturated heterocycles. The number of hydrogen-bond acceptors (Lipinski definition) is 7. The number of carbonyl (C=O) groups is 1. The number of benzene rings is 1. The maximum absolute atomic E-state index is 12.4. The third-order valence-electron chi connectivity index (χ3n) is 5.37. The number of thioether (sulfide) groups is 1. The second-order valence-corrected chi connectivity index (χ2v) is 9.53. The van der Waals surface area contributed by atoms with Gasteiger partial charge in [0.1, 0.15) is 0 Å². The summed E-state index contributed by atoms with van der Waals surface area (Å²) >= 11 is 3.09. The van der Waals surface area contributed by atoms with Gasteiger partial charge in [-0.15, -0.1) is 16.4 Å². The van der Waals surface area contributed by atoms with Crippen molar-refractivity contribution in [2.24, 2.45) is 0 Å². The quantitative estimate of drug-likeness (QED) is 0.487. The van der Waals surface area contributed by atoms with Crippen LogP contribution in [0.2, 0.25) is 0 Å². The number of tetrazole rings is 1. The maximum atomic E-state index is 12.4. The highest BCUT2D eigenvalue weighted by atomic mass is 32.2. The molecule has 0 unspecified atom stereocenters. The van der Waals surface area contributed by atoms with Gasteiger partial charge in [-0.05, 0) is 48.7 Å². The summed E-state index contributed by atoms with van der Waals surface area (Å²) in [5.74, 6) is 0.624. The van der Waals surface area contributed by atoms with E-state index >= 15 is 0 Å². The molecule has 0 aliphatic heterocycles. The summed E-state index contributed by atoms with van der Waals surface area (Å²) in [7, 11) is 0. The number of amides is 1. The Hall–Kier alpha value is -2.26. The Bertz CT molecular complexity index is 1020. The third-order valence-corrected chi connectivity index (χ3v) is 7.21. The first-order valence-electron chi connectivity index (χ1n) is 10.3. The highest BCUT2D eigenvalue weighted by Crippen LogP contribution is 2.34. The number of aromatic nitrogens is 5. The lowest BCUT2D eigenvalue weighted by molar-refractivity contribution is -0.115. The van der Waals surface area contributed by atoms with Crippen LogP contribution in [-0.4, -0.2) is 31.1 Å². The Kier molecular flexibility index (Phi) is 6.48. The van der Waals surface area contributed by atoms with Crippen LogP contribution < -0.4 is 4.90 Å². The number of carbonyl (C=O) groups excluding carboxylic acids is 1. The number of aryl methyl sites for hydroxylation is 2. The first kappa shape index (κ1) is 21.0.